The van der Waals surface area contributed by atoms with Gasteiger partial charge in [0.15, 0.2) is 5.65 Å². The van der Waals surface area contributed by atoms with E-state index in [0.717, 1.165) is 29.9 Å². The van der Waals surface area contributed by atoms with Gasteiger partial charge in [0, 0.05) is 39.1 Å². The Balaban J connectivity index is 1.52. The molecule has 1 fully saturated rings. The quantitative estimate of drug-likeness (QED) is 0.706. The molecule has 1 aliphatic heterocycles. The summed E-state index contributed by atoms with van der Waals surface area (Å²) >= 11 is 0. The van der Waals surface area contributed by atoms with E-state index in [9.17, 15) is 4.79 Å². The van der Waals surface area contributed by atoms with Crippen LogP contribution in [-0.2, 0) is 11.8 Å². The van der Waals surface area contributed by atoms with Crippen LogP contribution in [0.3, 0.4) is 0 Å². The molecule has 3 aromatic heterocycles. The normalized spacial score (nSPS) is 19.3. The SMILES string of the molecule is CO[C@H]1C[C@@H](CNC(=O)c2cc(C)nc3c2cnn3C)N(c2ccncn2)C1. The highest BCUT2D eigenvalue weighted by atomic mass is 16.5. The van der Waals surface area contributed by atoms with Gasteiger partial charge in [-0.1, -0.05) is 0 Å². The number of carbonyl (C=O) groups excluding carboxylic acids is 1. The molecule has 0 saturated carbocycles. The van der Waals surface area contributed by atoms with Crippen molar-refractivity contribution in [2.45, 2.75) is 25.5 Å². The molecular formula is C19H23N7O2. The number of carbonyl (C=O) groups is 1. The zero-order valence-electron chi connectivity index (χ0n) is 16.2. The summed E-state index contributed by atoms with van der Waals surface area (Å²) in [5.41, 5.74) is 2.07. The van der Waals surface area contributed by atoms with Gasteiger partial charge in [0.25, 0.3) is 5.91 Å². The van der Waals surface area contributed by atoms with E-state index in [1.54, 1.807) is 30.3 Å². The maximum atomic E-state index is 12.9. The molecule has 3 aromatic rings. The lowest BCUT2D eigenvalue weighted by Gasteiger charge is -2.25. The van der Waals surface area contributed by atoms with Crippen molar-refractivity contribution in [3.8, 4) is 0 Å². The fraction of sp³-hybridized carbons (Fsp3) is 0.421. The van der Waals surface area contributed by atoms with Crippen LogP contribution in [0.5, 0.6) is 0 Å². The lowest BCUT2D eigenvalue weighted by molar-refractivity contribution is 0.0947. The molecule has 9 nitrogen and oxygen atoms in total. The van der Waals surface area contributed by atoms with Crippen LogP contribution >= 0.6 is 0 Å². The molecule has 0 unspecified atom stereocenters. The molecule has 0 radical (unpaired) electrons. The summed E-state index contributed by atoms with van der Waals surface area (Å²) in [6, 6.07) is 3.77. The minimum atomic E-state index is -0.132. The second-order valence-corrected chi connectivity index (χ2v) is 6.99. The Bertz CT molecular complexity index is 989. The monoisotopic (exact) mass is 381 g/mol. The first kappa shape index (κ1) is 18.3. The smallest absolute Gasteiger partial charge is 0.252 e. The van der Waals surface area contributed by atoms with Gasteiger partial charge in [-0.25, -0.2) is 15.0 Å². The van der Waals surface area contributed by atoms with Gasteiger partial charge in [0.1, 0.15) is 12.1 Å². The lowest BCUT2D eigenvalue weighted by Crippen LogP contribution is -2.40. The van der Waals surface area contributed by atoms with E-state index in [4.69, 9.17) is 4.74 Å². The number of anilines is 1. The zero-order chi connectivity index (χ0) is 19.7. The number of aromatic nitrogens is 5. The first-order valence-electron chi connectivity index (χ1n) is 9.20. The van der Waals surface area contributed by atoms with E-state index in [2.05, 4.69) is 30.3 Å². The van der Waals surface area contributed by atoms with Gasteiger partial charge in [0.05, 0.1) is 29.3 Å². The first-order chi connectivity index (χ1) is 13.6. The summed E-state index contributed by atoms with van der Waals surface area (Å²) in [4.78, 5) is 27.9. The molecule has 146 valence electrons. The van der Waals surface area contributed by atoms with Crippen molar-refractivity contribution in [3.63, 3.8) is 0 Å². The summed E-state index contributed by atoms with van der Waals surface area (Å²) in [6.45, 7) is 3.10. The fourth-order valence-corrected chi connectivity index (χ4v) is 3.71. The van der Waals surface area contributed by atoms with Crippen molar-refractivity contribution in [1.82, 2.24) is 30.0 Å². The first-order valence-corrected chi connectivity index (χ1v) is 9.20. The molecule has 1 N–H and O–H groups in total. The summed E-state index contributed by atoms with van der Waals surface area (Å²) in [7, 11) is 3.53. The van der Waals surface area contributed by atoms with Gasteiger partial charge < -0.3 is 15.0 Å². The van der Waals surface area contributed by atoms with Crippen molar-refractivity contribution in [2.75, 3.05) is 25.1 Å². The van der Waals surface area contributed by atoms with Crippen molar-refractivity contribution in [2.24, 2.45) is 7.05 Å². The van der Waals surface area contributed by atoms with Crippen molar-refractivity contribution in [1.29, 1.82) is 0 Å². The molecule has 2 atom stereocenters. The Morgan fingerprint density at radius 1 is 1.43 bits per heavy atom. The van der Waals surface area contributed by atoms with Crippen LogP contribution in [0.25, 0.3) is 11.0 Å². The Hall–Kier alpha value is -3.07. The predicted molar refractivity (Wildman–Crippen MR) is 104 cm³/mol. The number of methoxy groups -OCH3 is 1. The van der Waals surface area contributed by atoms with E-state index in [1.807, 2.05) is 20.0 Å². The van der Waals surface area contributed by atoms with Crippen LogP contribution in [0, 0.1) is 6.92 Å². The van der Waals surface area contributed by atoms with Crippen molar-refractivity contribution >= 4 is 22.8 Å². The van der Waals surface area contributed by atoms with Crippen LogP contribution in [-0.4, -0.2) is 63.0 Å². The number of fused-ring (bicyclic) bond motifs is 1. The minimum Gasteiger partial charge on any atom is -0.380 e. The summed E-state index contributed by atoms with van der Waals surface area (Å²) in [5.74, 6) is 0.704. The van der Waals surface area contributed by atoms with E-state index in [-0.39, 0.29) is 18.1 Å². The van der Waals surface area contributed by atoms with Crippen molar-refractivity contribution in [3.05, 3.63) is 42.1 Å². The van der Waals surface area contributed by atoms with Crippen LogP contribution < -0.4 is 10.2 Å². The highest BCUT2D eigenvalue weighted by molar-refractivity contribution is 6.05. The summed E-state index contributed by atoms with van der Waals surface area (Å²) < 4.78 is 7.22. The lowest BCUT2D eigenvalue weighted by atomic mass is 10.1. The molecule has 28 heavy (non-hydrogen) atoms. The molecule has 0 spiro atoms. The third-order valence-electron chi connectivity index (χ3n) is 5.15. The van der Waals surface area contributed by atoms with E-state index < -0.39 is 0 Å². The van der Waals surface area contributed by atoms with Crippen LogP contribution in [0.4, 0.5) is 5.82 Å². The molecule has 4 rings (SSSR count). The van der Waals surface area contributed by atoms with Gasteiger partial charge in [-0.05, 0) is 25.5 Å². The molecular weight excluding hydrogens is 358 g/mol. The summed E-state index contributed by atoms with van der Waals surface area (Å²) in [5, 5.41) is 8.04. The van der Waals surface area contributed by atoms with Gasteiger partial charge in [-0.2, -0.15) is 5.10 Å². The maximum Gasteiger partial charge on any atom is 0.252 e. The van der Waals surface area contributed by atoms with Gasteiger partial charge >= 0.3 is 0 Å². The number of nitrogens with zero attached hydrogens (tertiary/aromatic N) is 6. The van der Waals surface area contributed by atoms with Crippen molar-refractivity contribution < 1.29 is 9.53 Å². The number of ether oxygens (including phenoxy) is 1. The third kappa shape index (κ3) is 3.40. The minimum absolute atomic E-state index is 0.0936. The molecule has 0 aromatic carbocycles. The number of hydrogen-bond donors (Lipinski definition) is 1. The van der Waals surface area contributed by atoms with E-state index in [1.165, 1.54) is 6.33 Å². The summed E-state index contributed by atoms with van der Waals surface area (Å²) in [6.07, 6.45) is 5.85. The second kappa shape index (κ2) is 7.51. The molecule has 0 aliphatic carbocycles. The number of aryl methyl sites for hydroxylation is 2. The van der Waals surface area contributed by atoms with Gasteiger partial charge in [-0.15, -0.1) is 0 Å². The zero-order valence-corrected chi connectivity index (χ0v) is 16.2. The molecule has 1 aliphatic rings. The Kier molecular flexibility index (Phi) is 4.91. The Morgan fingerprint density at radius 3 is 3.04 bits per heavy atom. The highest BCUT2D eigenvalue weighted by Crippen LogP contribution is 2.25. The molecule has 1 saturated heterocycles. The van der Waals surface area contributed by atoms with Gasteiger partial charge in [-0.3, -0.25) is 9.48 Å². The number of amides is 1. The van der Waals surface area contributed by atoms with Crippen LogP contribution in [0.2, 0.25) is 0 Å². The highest BCUT2D eigenvalue weighted by Gasteiger charge is 2.33. The Labute approximate surface area is 162 Å². The predicted octanol–water partition coefficient (Wildman–Crippen LogP) is 1.09. The number of pyridine rings is 1. The van der Waals surface area contributed by atoms with Crippen LogP contribution in [0.15, 0.2) is 30.9 Å². The average Bonchev–Trinajstić information content (AvgIpc) is 3.30. The number of rotatable bonds is 5. The second-order valence-electron chi connectivity index (χ2n) is 6.99. The third-order valence-corrected chi connectivity index (χ3v) is 5.15. The van der Waals surface area contributed by atoms with Crippen LogP contribution in [0.1, 0.15) is 22.5 Å². The Morgan fingerprint density at radius 2 is 2.29 bits per heavy atom. The largest absolute Gasteiger partial charge is 0.380 e. The molecule has 1 amide bonds. The van der Waals surface area contributed by atoms with E-state index in [0.29, 0.717) is 17.8 Å². The van der Waals surface area contributed by atoms with E-state index >= 15 is 0 Å². The molecule has 9 heteroatoms. The fourth-order valence-electron chi connectivity index (χ4n) is 3.71. The maximum absolute atomic E-state index is 12.9. The molecule has 0 bridgehead atoms. The standard InChI is InChI=1S/C19H23N7O2/c1-12-6-15(16-9-23-25(2)18(16)24-12)19(27)21-8-13-7-14(28-3)10-26(13)17-4-5-20-11-22-17/h4-6,9,11,13-14H,7-8,10H2,1-3H3,(H,21,27)/t13-,14-/m0/s1. The number of hydrogen-bond acceptors (Lipinski definition) is 7. The topological polar surface area (TPSA) is 98.1 Å². The van der Waals surface area contributed by atoms with Gasteiger partial charge in [0.2, 0.25) is 0 Å². The molecule has 4 heterocycles. The average molecular weight is 381 g/mol. The number of nitrogens with one attached hydrogen (secondary N) is 1.